The maximum atomic E-state index is 5.96. The highest BCUT2D eigenvalue weighted by Gasteiger charge is 2.29. The van der Waals surface area contributed by atoms with Crippen LogP contribution in [0.15, 0.2) is 0 Å². The van der Waals surface area contributed by atoms with E-state index in [0.717, 1.165) is 12.6 Å². The SMILES string of the molecule is CC(C)N1CCC(N2CCC(N)C2)CC1. The first-order chi connectivity index (χ1) is 7.16. The summed E-state index contributed by atoms with van der Waals surface area (Å²) in [6.45, 7) is 9.50. The Morgan fingerprint density at radius 2 is 1.73 bits per heavy atom. The lowest BCUT2D eigenvalue weighted by Gasteiger charge is -2.38. The number of rotatable bonds is 2. The molecule has 2 saturated heterocycles. The predicted octanol–water partition coefficient (Wildman–Crippen LogP) is 0.892. The van der Waals surface area contributed by atoms with Gasteiger partial charge < -0.3 is 10.6 Å². The second-order valence-corrected chi connectivity index (χ2v) is 5.40. The van der Waals surface area contributed by atoms with Crippen LogP contribution >= 0.6 is 0 Å². The molecule has 0 bridgehead atoms. The van der Waals surface area contributed by atoms with Crippen molar-refractivity contribution in [3.8, 4) is 0 Å². The lowest BCUT2D eigenvalue weighted by atomic mass is 10.0. The highest BCUT2D eigenvalue weighted by Crippen LogP contribution is 2.21. The Balaban J connectivity index is 1.78. The molecule has 3 nitrogen and oxygen atoms in total. The van der Waals surface area contributed by atoms with Crippen molar-refractivity contribution in [2.75, 3.05) is 26.2 Å². The Morgan fingerprint density at radius 1 is 1.07 bits per heavy atom. The summed E-state index contributed by atoms with van der Waals surface area (Å²) in [6.07, 6.45) is 3.88. The number of nitrogens with two attached hydrogens (primary N) is 1. The molecule has 2 heterocycles. The van der Waals surface area contributed by atoms with Gasteiger partial charge in [-0.3, -0.25) is 4.90 Å². The van der Waals surface area contributed by atoms with Gasteiger partial charge >= 0.3 is 0 Å². The fourth-order valence-corrected chi connectivity index (χ4v) is 2.91. The number of hydrogen-bond donors (Lipinski definition) is 1. The van der Waals surface area contributed by atoms with Gasteiger partial charge in [-0.25, -0.2) is 0 Å². The third-order valence-corrected chi connectivity index (χ3v) is 4.00. The third-order valence-electron chi connectivity index (χ3n) is 4.00. The maximum absolute atomic E-state index is 5.96. The summed E-state index contributed by atoms with van der Waals surface area (Å²) in [5.41, 5.74) is 5.96. The van der Waals surface area contributed by atoms with Crippen molar-refractivity contribution in [1.29, 1.82) is 0 Å². The van der Waals surface area contributed by atoms with Gasteiger partial charge in [0, 0.05) is 31.2 Å². The minimum absolute atomic E-state index is 0.438. The molecule has 0 aliphatic carbocycles. The van der Waals surface area contributed by atoms with E-state index >= 15 is 0 Å². The van der Waals surface area contributed by atoms with Gasteiger partial charge in [0.2, 0.25) is 0 Å². The minimum Gasteiger partial charge on any atom is -0.326 e. The van der Waals surface area contributed by atoms with E-state index in [9.17, 15) is 0 Å². The first kappa shape index (κ1) is 11.4. The van der Waals surface area contributed by atoms with Crippen LogP contribution in [0, 0.1) is 0 Å². The summed E-state index contributed by atoms with van der Waals surface area (Å²) >= 11 is 0. The Kier molecular flexibility index (Phi) is 3.65. The second-order valence-electron chi connectivity index (χ2n) is 5.40. The molecule has 2 rings (SSSR count). The van der Waals surface area contributed by atoms with Crippen LogP contribution in [0.2, 0.25) is 0 Å². The van der Waals surface area contributed by atoms with Crippen LogP contribution in [0.4, 0.5) is 0 Å². The summed E-state index contributed by atoms with van der Waals surface area (Å²) in [5.74, 6) is 0. The van der Waals surface area contributed by atoms with Gasteiger partial charge in [0.15, 0.2) is 0 Å². The topological polar surface area (TPSA) is 32.5 Å². The van der Waals surface area contributed by atoms with Gasteiger partial charge in [-0.15, -0.1) is 0 Å². The summed E-state index contributed by atoms with van der Waals surface area (Å²) in [6, 6.07) is 1.97. The van der Waals surface area contributed by atoms with E-state index in [0.29, 0.717) is 12.1 Å². The van der Waals surface area contributed by atoms with E-state index in [4.69, 9.17) is 5.73 Å². The van der Waals surface area contributed by atoms with Crippen LogP contribution in [0.5, 0.6) is 0 Å². The van der Waals surface area contributed by atoms with E-state index in [-0.39, 0.29) is 0 Å². The van der Waals surface area contributed by atoms with Crippen LogP contribution < -0.4 is 5.73 Å². The van der Waals surface area contributed by atoms with Crippen molar-refractivity contribution in [3.63, 3.8) is 0 Å². The number of hydrogen-bond acceptors (Lipinski definition) is 3. The van der Waals surface area contributed by atoms with E-state index in [2.05, 4.69) is 23.6 Å². The van der Waals surface area contributed by atoms with Crippen LogP contribution in [0.25, 0.3) is 0 Å². The van der Waals surface area contributed by atoms with E-state index in [1.165, 1.54) is 38.9 Å². The molecule has 0 saturated carbocycles. The van der Waals surface area contributed by atoms with Crippen LogP contribution in [0.3, 0.4) is 0 Å². The number of likely N-dealkylation sites (tertiary alicyclic amines) is 2. The molecule has 88 valence electrons. The molecule has 1 unspecified atom stereocenters. The minimum atomic E-state index is 0.438. The molecule has 2 aliphatic rings. The molecule has 2 N–H and O–H groups in total. The molecule has 0 aromatic carbocycles. The van der Waals surface area contributed by atoms with Gasteiger partial charge in [0.1, 0.15) is 0 Å². The summed E-state index contributed by atoms with van der Waals surface area (Å²) in [7, 11) is 0. The van der Waals surface area contributed by atoms with Gasteiger partial charge in [-0.1, -0.05) is 0 Å². The summed E-state index contributed by atoms with van der Waals surface area (Å²) in [4.78, 5) is 5.20. The van der Waals surface area contributed by atoms with Gasteiger partial charge in [0.05, 0.1) is 0 Å². The van der Waals surface area contributed by atoms with Gasteiger partial charge in [0.25, 0.3) is 0 Å². The molecule has 2 fully saturated rings. The van der Waals surface area contributed by atoms with E-state index in [1.54, 1.807) is 0 Å². The lowest BCUT2D eigenvalue weighted by molar-refractivity contribution is 0.106. The third kappa shape index (κ3) is 2.71. The highest BCUT2D eigenvalue weighted by atomic mass is 15.2. The molecule has 15 heavy (non-hydrogen) atoms. The quantitative estimate of drug-likeness (QED) is 0.736. The van der Waals surface area contributed by atoms with E-state index in [1.807, 2.05) is 0 Å². The fraction of sp³-hybridized carbons (Fsp3) is 1.00. The molecule has 1 atom stereocenters. The Labute approximate surface area is 93.6 Å². The molecule has 0 radical (unpaired) electrons. The van der Waals surface area contributed by atoms with Gasteiger partial charge in [-0.2, -0.15) is 0 Å². The average molecular weight is 211 g/mol. The molecule has 0 aromatic heterocycles. The summed E-state index contributed by atoms with van der Waals surface area (Å²) < 4.78 is 0. The van der Waals surface area contributed by atoms with Crippen molar-refractivity contribution in [3.05, 3.63) is 0 Å². The van der Waals surface area contributed by atoms with Crippen molar-refractivity contribution >= 4 is 0 Å². The average Bonchev–Trinajstić information content (AvgIpc) is 2.65. The highest BCUT2D eigenvalue weighted by molar-refractivity contribution is 4.87. The lowest BCUT2D eigenvalue weighted by Crippen LogP contribution is -2.46. The monoisotopic (exact) mass is 211 g/mol. The van der Waals surface area contributed by atoms with Crippen LogP contribution in [-0.2, 0) is 0 Å². The van der Waals surface area contributed by atoms with Crippen molar-refractivity contribution in [2.45, 2.75) is 51.2 Å². The van der Waals surface area contributed by atoms with Crippen molar-refractivity contribution in [2.24, 2.45) is 5.73 Å². The largest absolute Gasteiger partial charge is 0.326 e. The molecule has 3 heteroatoms. The van der Waals surface area contributed by atoms with Crippen molar-refractivity contribution < 1.29 is 0 Å². The van der Waals surface area contributed by atoms with Crippen LogP contribution in [-0.4, -0.2) is 54.1 Å². The fourth-order valence-electron chi connectivity index (χ4n) is 2.91. The normalized spacial score (nSPS) is 31.6. The standard InChI is InChI=1S/C12H25N3/c1-10(2)14-7-4-12(5-8-14)15-6-3-11(13)9-15/h10-12H,3-9,13H2,1-2H3. The number of piperidine rings is 1. The summed E-state index contributed by atoms with van der Waals surface area (Å²) in [5, 5.41) is 0. The zero-order chi connectivity index (χ0) is 10.8. The predicted molar refractivity (Wildman–Crippen MR) is 63.9 cm³/mol. The molecule has 2 aliphatic heterocycles. The smallest absolute Gasteiger partial charge is 0.0180 e. The molecule has 0 amide bonds. The molecule has 0 spiro atoms. The molecule has 0 aromatic rings. The Morgan fingerprint density at radius 3 is 2.20 bits per heavy atom. The maximum Gasteiger partial charge on any atom is 0.0180 e. The second kappa shape index (κ2) is 4.81. The van der Waals surface area contributed by atoms with E-state index < -0.39 is 0 Å². The Bertz CT molecular complexity index is 197. The zero-order valence-corrected chi connectivity index (χ0v) is 10.2. The first-order valence-electron chi connectivity index (χ1n) is 6.40. The zero-order valence-electron chi connectivity index (χ0n) is 10.2. The molecular weight excluding hydrogens is 186 g/mol. The van der Waals surface area contributed by atoms with Crippen molar-refractivity contribution in [1.82, 2.24) is 9.80 Å². The van der Waals surface area contributed by atoms with Crippen LogP contribution in [0.1, 0.15) is 33.1 Å². The first-order valence-corrected chi connectivity index (χ1v) is 6.40. The van der Waals surface area contributed by atoms with Gasteiger partial charge in [-0.05, 0) is 46.2 Å². The molecular formula is C12H25N3. The number of nitrogens with zero attached hydrogens (tertiary/aromatic N) is 2. The Hall–Kier alpha value is -0.120.